The molecular weight excluding hydrogens is 250 g/mol. The van der Waals surface area contributed by atoms with E-state index in [1.807, 2.05) is 27.7 Å². The Hall–Kier alpha value is -0.580. The molecule has 18 heavy (non-hydrogen) atoms. The lowest BCUT2D eigenvalue weighted by molar-refractivity contribution is 0.0218. The van der Waals surface area contributed by atoms with E-state index in [2.05, 4.69) is 0 Å². The highest BCUT2D eigenvalue weighted by Crippen LogP contribution is 2.19. The Labute approximate surface area is 113 Å². The Morgan fingerprint density at radius 1 is 1.33 bits per heavy atom. The number of carbonyl (C=O) groups is 1. The van der Waals surface area contributed by atoms with E-state index in [-0.39, 0.29) is 11.3 Å². The lowest BCUT2D eigenvalue weighted by Gasteiger charge is -2.33. The molecule has 1 amide bonds. The highest BCUT2D eigenvalue weighted by Gasteiger charge is 2.28. The summed E-state index contributed by atoms with van der Waals surface area (Å²) >= 11 is 0. The maximum atomic E-state index is 11.9. The molecule has 1 heterocycles. The molecule has 0 N–H and O–H groups in total. The summed E-state index contributed by atoms with van der Waals surface area (Å²) < 4.78 is 17.2. The van der Waals surface area contributed by atoms with Crippen LogP contribution in [0.15, 0.2) is 0 Å². The molecule has 0 aromatic heterocycles. The SMILES string of the molecule is CCCS(=O)C1CCN(C(=O)OC(C)(C)C)CC1. The van der Waals surface area contributed by atoms with Gasteiger partial charge >= 0.3 is 6.09 Å². The third kappa shape index (κ3) is 4.96. The van der Waals surface area contributed by atoms with E-state index in [1.54, 1.807) is 4.90 Å². The van der Waals surface area contributed by atoms with Gasteiger partial charge in [0.1, 0.15) is 5.60 Å². The van der Waals surface area contributed by atoms with Gasteiger partial charge in [-0.05, 0) is 40.0 Å². The third-order valence-electron chi connectivity index (χ3n) is 2.87. The van der Waals surface area contributed by atoms with E-state index >= 15 is 0 Å². The predicted octanol–water partition coefficient (Wildman–Crippen LogP) is 2.54. The third-order valence-corrected chi connectivity index (χ3v) is 4.90. The summed E-state index contributed by atoms with van der Waals surface area (Å²) in [7, 11) is -0.732. The van der Waals surface area contributed by atoms with Gasteiger partial charge in [-0.2, -0.15) is 0 Å². The first-order valence-corrected chi connectivity index (χ1v) is 8.07. The van der Waals surface area contributed by atoms with Crippen LogP contribution in [-0.4, -0.2) is 44.9 Å². The van der Waals surface area contributed by atoms with E-state index in [4.69, 9.17) is 4.74 Å². The molecule has 0 spiro atoms. The van der Waals surface area contributed by atoms with Crippen molar-refractivity contribution in [1.82, 2.24) is 4.90 Å². The molecular formula is C13H25NO3S. The van der Waals surface area contributed by atoms with Crippen LogP contribution in [-0.2, 0) is 15.5 Å². The molecule has 1 aliphatic rings. The summed E-state index contributed by atoms with van der Waals surface area (Å²) in [5.74, 6) is 0.775. The molecule has 4 nitrogen and oxygen atoms in total. The number of likely N-dealkylation sites (tertiary alicyclic amines) is 1. The van der Waals surface area contributed by atoms with E-state index in [0.29, 0.717) is 13.1 Å². The van der Waals surface area contributed by atoms with Crippen LogP contribution in [0.4, 0.5) is 4.79 Å². The highest BCUT2D eigenvalue weighted by atomic mass is 32.2. The van der Waals surface area contributed by atoms with Crippen LogP contribution < -0.4 is 0 Å². The Kier molecular flexibility index (Phi) is 5.63. The second-order valence-electron chi connectivity index (χ2n) is 5.75. The van der Waals surface area contributed by atoms with E-state index < -0.39 is 16.4 Å². The summed E-state index contributed by atoms with van der Waals surface area (Å²) in [5.41, 5.74) is -0.445. The normalized spacial score (nSPS) is 19.7. The molecule has 1 saturated heterocycles. The van der Waals surface area contributed by atoms with Crippen molar-refractivity contribution in [3.63, 3.8) is 0 Å². The van der Waals surface area contributed by atoms with Gasteiger partial charge in [0.25, 0.3) is 0 Å². The highest BCUT2D eigenvalue weighted by molar-refractivity contribution is 7.85. The summed E-state index contributed by atoms with van der Waals surface area (Å²) in [6.45, 7) is 8.98. The van der Waals surface area contributed by atoms with Gasteiger partial charge < -0.3 is 9.64 Å². The molecule has 5 heteroatoms. The van der Waals surface area contributed by atoms with Gasteiger partial charge in [0.15, 0.2) is 0 Å². The number of piperidine rings is 1. The summed E-state index contributed by atoms with van der Waals surface area (Å²) in [5, 5.41) is 0.253. The van der Waals surface area contributed by atoms with Crippen molar-refractivity contribution >= 4 is 16.9 Å². The second kappa shape index (κ2) is 6.55. The second-order valence-corrected chi connectivity index (χ2v) is 7.59. The summed E-state index contributed by atoms with van der Waals surface area (Å²) in [6.07, 6.45) is 2.36. The monoisotopic (exact) mass is 275 g/mol. The van der Waals surface area contributed by atoms with Gasteiger partial charge in [-0.15, -0.1) is 0 Å². The van der Waals surface area contributed by atoms with Gasteiger partial charge in [0.05, 0.1) is 0 Å². The Morgan fingerprint density at radius 3 is 2.33 bits per heavy atom. The number of ether oxygens (including phenoxy) is 1. The molecule has 1 aliphatic heterocycles. The fourth-order valence-electron chi connectivity index (χ4n) is 2.00. The van der Waals surface area contributed by atoms with Crippen LogP contribution >= 0.6 is 0 Å². The Morgan fingerprint density at radius 2 is 1.89 bits per heavy atom. The topological polar surface area (TPSA) is 46.6 Å². The van der Waals surface area contributed by atoms with Crippen LogP contribution in [0.3, 0.4) is 0 Å². The van der Waals surface area contributed by atoms with Gasteiger partial charge in [-0.1, -0.05) is 6.92 Å². The largest absolute Gasteiger partial charge is 0.444 e. The number of amides is 1. The van der Waals surface area contributed by atoms with Crippen molar-refractivity contribution in [2.45, 2.75) is 57.8 Å². The van der Waals surface area contributed by atoms with Crippen molar-refractivity contribution in [2.24, 2.45) is 0 Å². The van der Waals surface area contributed by atoms with Crippen LogP contribution in [0, 0.1) is 0 Å². The average molecular weight is 275 g/mol. The van der Waals surface area contributed by atoms with Crippen molar-refractivity contribution < 1.29 is 13.7 Å². The number of nitrogens with zero attached hydrogens (tertiary/aromatic N) is 1. The first kappa shape index (κ1) is 15.5. The number of rotatable bonds is 3. The predicted molar refractivity (Wildman–Crippen MR) is 74.1 cm³/mol. The van der Waals surface area contributed by atoms with Crippen molar-refractivity contribution in [3.8, 4) is 0 Å². The van der Waals surface area contributed by atoms with Crippen LogP contribution in [0.2, 0.25) is 0 Å². The lowest BCUT2D eigenvalue weighted by Crippen LogP contribution is -2.44. The minimum atomic E-state index is -0.732. The zero-order valence-electron chi connectivity index (χ0n) is 11.9. The lowest BCUT2D eigenvalue weighted by atomic mass is 10.1. The van der Waals surface area contributed by atoms with Crippen molar-refractivity contribution in [3.05, 3.63) is 0 Å². The minimum Gasteiger partial charge on any atom is -0.444 e. The van der Waals surface area contributed by atoms with E-state index in [0.717, 1.165) is 25.0 Å². The average Bonchev–Trinajstić information content (AvgIpc) is 2.27. The van der Waals surface area contributed by atoms with Gasteiger partial charge in [0.2, 0.25) is 0 Å². The molecule has 1 rings (SSSR count). The van der Waals surface area contributed by atoms with Crippen molar-refractivity contribution in [1.29, 1.82) is 0 Å². The maximum absolute atomic E-state index is 11.9. The van der Waals surface area contributed by atoms with E-state index in [1.165, 1.54) is 0 Å². The van der Waals surface area contributed by atoms with Gasteiger partial charge in [0, 0.05) is 34.9 Å². The molecule has 0 saturated carbocycles. The molecule has 1 unspecified atom stereocenters. The summed E-state index contributed by atoms with van der Waals surface area (Å²) in [4.78, 5) is 13.6. The Balaban J connectivity index is 2.39. The summed E-state index contributed by atoms with van der Waals surface area (Å²) in [6, 6.07) is 0. The molecule has 0 aromatic rings. The minimum absolute atomic E-state index is 0.248. The number of carbonyl (C=O) groups excluding carboxylic acids is 1. The molecule has 1 fully saturated rings. The van der Waals surface area contributed by atoms with Gasteiger partial charge in [-0.25, -0.2) is 4.79 Å². The molecule has 106 valence electrons. The fraction of sp³-hybridized carbons (Fsp3) is 0.923. The molecule has 0 radical (unpaired) electrons. The first-order chi connectivity index (χ1) is 8.33. The van der Waals surface area contributed by atoms with Crippen LogP contribution in [0.1, 0.15) is 47.0 Å². The van der Waals surface area contributed by atoms with Crippen molar-refractivity contribution in [2.75, 3.05) is 18.8 Å². The zero-order chi connectivity index (χ0) is 13.8. The molecule has 0 bridgehead atoms. The van der Waals surface area contributed by atoms with Crippen LogP contribution in [0.25, 0.3) is 0 Å². The maximum Gasteiger partial charge on any atom is 0.410 e. The van der Waals surface area contributed by atoms with Crippen LogP contribution in [0.5, 0.6) is 0 Å². The van der Waals surface area contributed by atoms with E-state index in [9.17, 15) is 9.00 Å². The molecule has 0 aliphatic carbocycles. The fourth-order valence-corrected chi connectivity index (χ4v) is 3.47. The number of hydrogen-bond acceptors (Lipinski definition) is 3. The standard InChI is InChI=1S/C13H25NO3S/c1-5-10-18(16)11-6-8-14(9-7-11)12(15)17-13(2,3)4/h11H,5-10H2,1-4H3. The quantitative estimate of drug-likeness (QED) is 0.795. The Bertz CT molecular complexity index is 304. The molecule has 0 aromatic carbocycles. The van der Waals surface area contributed by atoms with Gasteiger partial charge in [-0.3, -0.25) is 4.21 Å². The smallest absolute Gasteiger partial charge is 0.410 e. The first-order valence-electron chi connectivity index (χ1n) is 6.68. The molecule has 1 atom stereocenters. The number of hydrogen-bond donors (Lipinski definition) is 0. The zero-order valence-corrected chi connectivity index (χ0v) is 12.7.